The minimum Gasteiger partial charge on any atom is -0.247 e. The van der Waals surface area contributed by atoms with Crippen LogP contribution in [0.4, 0.5) is 0 Å². The molecule has 1 rings (SSSR count). The van der Waals surface area contributed by atoms with Crippen LogP contribution in [0.5, 0.6) is 0 Å². The molecule has 0 aromatic carbocycles. The van der Waals surface area contributed by atoms with Crippen molar-refractivity contribution < 1.29 is 0 Å². The van der Waals surface area contributed by atoms with Gasteiger partial charge in [-0.1, -0.05) is 25.5 Å². The molecule has 1 aromatic rings. The molecular formula is C16H25N3O3S. The third kappa shape index (κ3) is 5.13. The van der Waals surface area contributed by atoms with Crippen molar-refractivity contribution in [1.82, 2.24) is 13.7 Å². The van der Waals surface area contributed by atoms with Crippen LogP contribution in [-0.2, 0) is 19.6 Å². The Labute approximate surface area is 140 Å². The Bertz CT molecular complexity index is 652. The van der Waals surface area contributed by atoms with Gasteiger partial charge in [0, 0.05) is 6.54 Å². The van der Waals surface area contributed by atoms with E-state index in [0.717, 1.165) is 31.6 Å². The topological polar surface area (TPSA) is 66.0 Å². The summed E-state index contributed by atoms with van der Waals surface area (Å²) in [6, 6.07) is 0. The minimum absolute atomic E-state index is 0.0837. The monoisotopic (exact) mass is 339 g/mol. The predicted molar refractivity (Wildman–Crippen MR) is 96.5 cm³/mol. The molecule has 0 aliphatic heterocycles. The lowest BCUT2D eigenvalue weighted by Gasteiger charge is -2.12. The van der Waals surface area contributed by atoms with Gasteiger partial charge in [-0.2, -0.15) is 11.8 Å². The highest BCUT2D eigenvalue weighted by atomic mass is 32.2. The van der Waals surface area contributed by atoms with Crippen molar-refractivity contribution in [3.63, 3.8) is 0 Å². The molecule has 0 bridgehead atoms. The van der Waals surface area contributed by atoms with Gasteiger partial charge >= 0.3 is 17.1 Å². The number of nitrogens with zero attached hydrogens (tertiary/aromatic N) is 3. The third-order valence-corrected chi connectivity index (χ3v) is 4.48. The smallest absolute Gasteiger partial charge is 0.247 e. The molecule has 0 fully saturated rings. The average Bonchev–Trinajstić information content (AvgIpc) is 2.54. The quantitative estimate of drug-likeness (QED) is 0.452. The molecule has 23 heavy (non-hydrogen) atoms. The van der Waals surface area contributed by atoms with E-state index in [9.17, 15) is 14.4 Å². The fourth-order valence-electron chi connectivity index (χ4n) is 2.12. The highest BCUT2D eigenvalue weighted by Gasteiger charge is 2.13. The molecular weight excluding hydrogens is 314 g/mol. The van der Waals surface area contributed by atoms with Gasteiger partial charge in [-0.25, -0.2) is 28.1 Å². The van der Waals surface area contributed by atoms with E-state index in [2.05, 4.69) is 20.1 Å². The van der Waals surface area contributed by atoms with E-state index < -0.39 is 17.1 Å². The highest BCUT2D eigenvalue weighted by molar-refractivity contribution is 7.99. The van der Waals surface area contributed by atoms with Crippen LogP contribution in [0.15, 0.2) is 39.7 Å². The normalized spacial score (nSPS) is 10.7. The van der Waals surface area contributed by atoms with Crippen LogP contribution < -0.4 is 17.1 Å². The maximum atomic E-state index is 12.4. The summed E-state index contributed by atoms with van der Waals surface area (Å²) in [6.45, 7) is 9.72. The Morgan fingerprint density at radius 1 is 0.870 bits per heavy atom. The molecule has 128 valence electrons. The molecule has 0 spiro atoms. The van der Waals surface area contributed by atoms with Crippen LogP contribution in [0.2, 0.25) is 0 Å². The van der Waals surface area contributed by atoms with Gasteiger partial charge in [0.15, 0.2) is 0 Å². The van der Waals surface area contributed by atoms with Gasteiger partial charge in [0.1, 0.15) is 0 Å². The standard InChI is InChI=1S/C16H25N3O3S/c1-4-7-12-23-13-8-11-19-15(21)17(9-5-2)14(20)18(10-6-3)16(19)22/h5-6H,2-4,7-13H2,1H3. The van der Waals surface area contributed by atoms with Crippen molar-refractivity contribution in [2.75, 3.05) is 11.5 Å². The number of unbranched alkanes of at least 4 members (excludes halogenated alkanes) is 1. The fourth-order valence-corrected chi connectivity index (χ4v) is 3.15. The first-order valence-corrected chi connectivity index (χ1v) is 8.97. The maximum absolute atomic E-state index is 12.4. The Morgan fingerprint density at radius 3 is 1.83 bits per heavy atom. The average molecular weight is 339 g/mol. The van der Waals surface area contributed by atoms with Crippen molar-refractivity contribution in [2.45, 2.75) is 45.8 Å². The lowest BCUT2D eigenvalue weighted by molar-refractivity contribution is 0.476. The first kappa shape index (κ1) is 19.3. The molecule has 0 saturated carbocycles. The van der Waals surface area contributed by atoms with E-state index in [-0.39, 0.29) is 13.1 Å². The molecule has 6 nitrogen and oxygen atoms in total. The number of aromatic nitrogens is 3. The molecule has 0 aliphatic carbocycles. The largest absolute Gasteiger partial charge is 0.336 e. The number of rotatable bonds is 11. The molecule has 0 aliphatic rings. The second-order valence-electron chi connectivity index (χ2n) is 5.12. The molecule has 0 saturated heterocycles. The van der Waals surface area contributed by atoms with E-state index in [4.69, 9.17) is 0 Å². The van der Waals surface area contributed by atoms with Crippen molar-refractivity contribution in [3.8, 4) is 0 Å². The van der Waals surface area contributed by atoms with Crippen molar-refractivity contribution >= 4 is 11.8 Å². The summed E-state index contributed by atoms with van der Waals surface area (Å²) in [5.74, 6) is 1.97. The van der Waals surface area contributed by atoms with E-state index in [1.54, 1.807) is 0 Å². The van der Waals surface area contributed by atoms with Gasteiger partial charge in [0.05, 0.1) is 13.1 Å². The molecule has 1 aromatic heterocycles. The molecule has 0 radical (unpaired) electrons. The zero-order valence-electron chi connectivity index (χ0n) is 13.7. The van der Waals surface area contributed by atoms with Gasteiger partial charge in [-0.15, -0.1) is 13.2 Å². The summed E-state index contributed by atoms with van der Waals surface area (Å²) < 4.78 is 3.19. The van der Waals surface area contributed by atoms with E-state index >= 15 is 0 Å². The van der Waals surface area contributed by atoms with E-state index in [1.807, 2.05) is 11.8 Å². The van der Waals surface area contributed by atoms with Gasteiger partial charge in [-0.3, -0.25) is 0 Å². The summed E-state index contributed by atoms with van der Waals surface area (Å²) in [7, 11) is 0. The first-order valence-electron chi connectivity index (χ1n) is 7.82. The van der Waals surface area contributed by atoms with Crippen molar-refractivity contribution in [1.29, 1.82) is 0 Å². The SMILES string of the molecule is C=CCn1c(=O)n(CC=C)c(=O)n(CCCSCCCC)c1=O. The van der Waals surface area contributed by atoms with Gasteiger partial charge < -0.3 is 0 Å². The number of thioether (sulfide) groups is 1. The molecule has 0 amide bonds. The Morgan fingerprint density at radius 2 is 1.35 bits per heavy atom. The third-order valence-electron chi connectivity index (χ3n) is 3.32. The van der Waals surface area contributed by atoms with Crippen LogP contribution >= 0.6 is 11.8 Å². The Balaban J connectivity index is 3.03. The summed E-state index contributed by atoms with van der Waals surface area (Å²) >= 11 is 1.82. The van der Waals surface area contributed by atoms with Crippen LogP contribution in [0.1, 0.15) is 26.2 Å². The lowest BCUT2D eigenvalue weighted by atomic mass is 10.4. The second kappa shape index (κ2) is 10.1. The van der Waals surface area contributed by atoms with E-state index in [0.29, 0.717) is 13.0 Å². The summed E-state index contributed by atoms with van der Waals surface area (Å²) in [5.41, 5.74) is -1.76. The zero-order chi connectivity index (χ0) is 17.2. The molecule has 0 atom stereocenters. The highest BCUT2D eigenvalue weighted by Crippen LogP contribution is 2.06. The Hall–Kier alpha value is -1.76. The predicted octanol–water partition coefficient (Wildman–Crippen LogP) is 1.47. The first-order chi connectivity index (χ1) is 11.1. The van der Waals surface area contributed by atoms with Gasteiger partial charge in [0.25, 0.3) is 0 Å². The van der Waals surface area contributed by atoms with Crippen LogP contribution in [0.3, 0.4) is 0 Å². The van der Waals surface area contributed by atoms with E-state index in [1.165, 1.54) is 18.6 Å². The number of hydrogen-bond acceptors (Lipinski definition) is 4. The minimum atomic E-state index is -0.617. The Kier molecular flexibility index (Phi) is 8.47. The van der Waals surface area contributed by atoms with Crippen molar-refractivity contribution in [3.05, 3.63) is 56.8 Å². The van der Waals surface area contributed by atoms with Crippen LogP contribution in [0, 0.1) is 0 Å². The summed E-state index contributed by atoms with van der Waals surface area (Å²) in [5, 5.41) is 0. The summed E-state index contributed by atoms with van der Waals surface area (Å²) in [4.78, 5) is 36.9. The zero-order valence-corrected chi connectivity index (χ0v) is 14.5. The van der Waals surface area contributed by atoms with Crippen LogP contribution in [-0.4, -0.2) is 25.2 Å². The lowest BCUT2D eigenvalue weighted by Crippen LogP contribution is -2.54. The van der Waals surface area contributed by atoms with Gasteiger partial charge in [-0.05, 0) is 24.3 Å². The molecule has 0 N–H and O–H groups in total. The molecule has 0 unspecified atom stereocenters. The second-order valence-corrected chi connectivity index (χ2v) is 6.34. The summed E-state index contributed by atoms with van der Waals surface area (Å²) in [6.07, 6.45) is 5.98. The molecule has 7 heteroatoms. The van der Waals surface area contributed by atoms with Crippen molar-refractivity contribution in [2.24, 2.45) is 0 Å². The van der Waals surface area contributed by atoms with Gasteiger partial charge in [0.2, 0.25) is 0 Å². The number of hydrogen-bond donors (Lipinski definition) is 0. The molecule has 1 heterocycles. The maximum Gasteiger partial charge on any atom is 0.336 e. The number of allylic oxidation sites excluding steroid dienone is 2. The van der Waals surface area contributed by atoms with Crippen LogP contribution in [0.25, 0.3) is 0 Å². The fraction of sp³-hybridized carbons (Fsp3) is 0.562.